The lowest BCUT2D eigenvalue weighted by molar-refractivity contribution is 0.630. The third-order valence-electron chi connectivity index (χ3n) is 6.92. The molecule has 0 bridgehead atoms. The first-order valence-corrected chi connectivity index (χ1v) is 12.0. The Labute approximate surface area is 207 Å². The van der Waals surface area contributed by atoms with Crippen LogP contribution < -0.4 is 0 Å². The molecule has 0 saturated carbocycles. The van der Waals surface area contributed by atoms with Crippen LogP contribution in [-0.2, 0) is 0 Å². The molecule has 2 nitrogen and oxygen atoms in total. The Morgan fingerprint density at radius 1 is 0.528 bits per heavy atom. The van der Waals surface area contributed by atoms with E-state index >= 15 is 0 Å². The Morgan fingerprint density at radius 3 is 1.81 bits per heavy atom. The summed E-state index contributed by atoms with van der Waals surface area (Å²) in [5.74, 6) is -0.243. The third kappa shape index (κ3) is 3.14. The number of benzene rings is 6. The van der Waals surface area contributed by atoms with Gasteiger partial charge in [-0.05, 0) is 40.1 Å². The summed E-state index contributed by atoms with van der Waals surface area (Å²) in [4.78, 5) is 4.91. The van der Waals surface area contributed by atoms with Gasteiger partial charge in [0.25, 0.3) is 0 Å². The molecule has 3 heteroatoms. The third-order valence-corrected chi connectivity index (χ3v) is 6.92. The first kappa shape index (κ1) is 20.6. The van der Waals surface area contributed by atoms with E-state index in [-0.39, 0.29) is 5.82 Å². The predicted molar refractivity (Wildman–Crippen MR) is 147 cm³/mol. The molecule has 1 heterocycles. The van der Waals surface area contributed by atoms with Gasteiger partial charge in [0.1, 0.15) is 12.1 Å². The second-order valence-electron chi connectivity index (χ2n) is 8.98. The average Bonchev–Trinajstić information content (AvgIpc) is 3.39. The molecule has 0 radical (unpaired) electrons. The molecule has 170 valence electrons. The van der Waals surface area contributed by atoms with Gasteiger partial charge in [-0.25, -0.2) is 9.37 Å². The van der Waals surface area contributed by atoms with Crippen LogP contribution in [0.1, 0.15) is 0 Å². The molecule has 7 rings (SSSR count). The number of hydrogen-bond donors (Lipinski definition) is 0. The van der Waals surface area contributed by atoms with E-state index in [4.69, 9.17) is 4.98 Å². The summed E-state index contributed by atoms with van der Waals surface area (Å²) in [6.07, 6.45) is 1.91. The first-order valence-electron chi connectivity index (χ1n) is 12.0. The summed E-state index contributed by atoms with van der Waals surface area (Å²) in [6, 6.07) is 40.5. The quantitative estimate of drug-likeness (QED) is 0.239. The minimum Gasteiger partial charge on any atom is -0.297 e. The van der Waals surface area contributed by atoms with Gasteiger partial charge in [-0.2, -0.15) is 0 Å². The van der Waals surface area contributed by atoms with Gasteiger partial charge < -0.3 is 0 Å². The number of rotatable bonds is 3. The summed E-state index contributed by atoms with van der Waals surface area (Å²) < 4.78 is 16.5. The number of nitrogens with zero attached hydrogens (tertiary/aromatic N) is 2. The topological polar surface area (TPSA) is 17.8 Å². The van der Waals surface area contributed by atoms with Crippen LogP contribution in [0.3, 0.4) is 0 Å². The molecule has 0 spiro atoms. The number of para-hydroxylation sites is 1. The van der Waals surface area contributed by atoms with Gasteiger partial charge >= 0.3 is 0 Å². The van der Waals surface area contributed by atoms with Crippen LogP contribution >= 0.6 is 0 Å². The largest absolute Gasteiger partial charge is 0.297 e. The van der Waals surface area contributed by atoms with Gasteiger partial charge in [0.2, 0.25) is 0 Å². The zero-order valence-corrected chi connectivity index (χ0v) is 19.4. The second-order valence-corrected chi connectivity index (χ2v) is 8.98. The van der Waals surface area contributed by atoms with Crippen LogP contribution in [-0.4, -0.2) is 9.55 Å². The van der Waals surface area contributed by atoms with Crippen LogP contribution in [0.2, 0.25) is 0 Å². The summed E-state index contributed by atoms with van der Waals surface area (Å²) in [6.45, 7) is 0. The minimum absolute atomic E-state index is 0.243. The smallest absolute Gasteiger partial charge is 0.123 e. The van der Waals surface area contributed by atoms with Crippen molar-refractivity contribution in [3.8, 4) is 27.9 Å². The highest BCUT2D eigenvalue weighted by Gasteiger charge is 2.19. The van der Waals surface area contributed by atoms with Crippen molar-refractivity contribution in [2.75, 3.05) is 0 Å². The highest BCUT2D eigenvalue weighted by atomic mass is 19.1. The van der Waals surface area contributed by atoms with E-state index in [1.54, 1.807) is 6.07 Å². The molecular formula is C33H21FN2. The Hall–Kier alpha value is -4.76. The molecule has 0 aliphatic heterocycles. The van der Waals surface area contributed by atoms with Crippen LogP contribution in [0.15, 0.2) is 128 Å². The fourth-order valence-electron chi connectivity index (χ4n) is 5.35. The molecule has 0 saturated heterocycles. The number of aromatic nitrogens is 2. The van der Waals surface area contributed by atoms with Crippen LogP contribution in [0.5, 0.6) is 0 Å². The van der Waals surface area contributed by atoms with Crippen molar-refractivity contribution >= 4 is 32.6 Å². The molecule has 0 atom stereocenters. The van der Waals surface area contributed by atoms with Crippen molar-refractivity contribution in [2.45, 2.75) is 0 Å². The zero-order valence-electron chi connectivity index (χ0n) is 19.4. The fraction of sp³-hybridized carbons (Fsp3) is 0. The van der Waals surface area contributed by atoms with Gasteiger partial charge in [0, 0.05) is 21.9 Å². The van der Waals surface area contributed by atoms with Crippen molar-refractivity contribution in [2.24, 2.45) is 0 Å². The minimum atomic E-state index is -0.243. The summed E-state index contributed by atoms with van der Waals surface area (Å²) in [5, 5.41) is 3.88. The van der Waals surface area contributed by atoms with E-state index in [2.05, 4.69) is 83.4 Å². The Balaban J connectivity index is 1.66. The van der Waals surface area contributed by atoms with E-state index in [1.807, 2.05) is 36.7 Å². The van der Waals surface area contributed by atoms with E-state index < -0.39 is 0 Å². The fourth-order valence-corrected chi connectivity index (χ4v) is 5.35. The summed E-state index contributed by atoms with van der Waals surface area (Å²) in [5.41, 5.74) is 7.48. The van der Waals surface area contributed by atoms with E-state index in [0.717, 1.165) is 60.5 Å². The standard InChI is InChI=1S/C33H21FN2/c34-24-18-19-28-30(20-24)27-14-7-8-15-29(27)33-31(28)35-21-36(33)32-25(22-10-3-1-4-11-22)16-9-17-26(32)23-12-5-2-6-13-23/h1-21H. The molecule has 36 heavy (non-hydrogen) atoms. The van der Waals surface area contributed by atoms with E-state index in [0.29, 0.717) is 0 Å². The van der Waals surface area contributed by atoms with Gasteiger partial charge in [-0.1, -0.05) is 103 Å². The van der Waals surface area contributed by atoms with Crippen LogP contribution in [0.4, 0.5) is 4.39 Å². The molecule has 0 N–H and O–H groups in total. The number of halogens is 1. The predicted octanol–water partition coefficient (Wildman–Crippen LogP) is 8.81. The van der Waals surface area contributed by atoms with Crippen molar-refractivity contribution < 1.29 is 4.39 Å². The monoisotopic (exact) mass is 464 g/mol. The molecule has 1 aromatic heterocycles. The molecule has 6 aromatic carbocycles. The van der Waals surface area contributed by atoms with Crippen LogP contribution in [0.25, 0.3) is 60.5 Å². The normalized spacial score (nSPS) is 11.5. The molecule has 0 fully saturated rings. The molecule has 7 aromatic rings. The van der Waals surface area contributed by atoms with Gasteiger partial charge in [0.05, 0.1) is 16.7 Å². The van der Waals surface area contributed by atoms with Gasteiger partial charge in [-0.3, -0.25) is 4.57 Å². The SMILES string of the molecule is Fc1ccc2c(c1)c1ccccc1c1c2ncn1-c1c(-c2ccccc2)cccc1-c1ccccc1. The van der Waals surface area contributed by atoms with Crippen molar-refractivity contribution in [3.05, 3.63) is 133 Å². The van der Waals surface area contributed by atoms with E-state index in [1.165, 1.54) is 6.07 Å². The maximum Gasteiger partial charge on any atom is 0.123 e. The molecule has 0 aliphatic rings. The molecule has 0 amide bonds. The first-order chi connectivity index (χ1) is 17.8. The Morgan fingerprint density at radius 2 is 1.14 bits per heavy atom. The Kier molecular flexibility index (Phi) is 4.68. The highest BCUT2D eigenvalue weighted by molar-refractivity contribution is 6.23. The highest BCUT2D eigenvalue weighted by Crippen LogP contribution is 2.41. The molecular weight excluding hydrogens is 443 g/mol. The lowest BCUT2D eigenvalue weighted by atomic mass is 9.95. The van der Waals surface area contributed by atoms with E-state index in [9.17, 15) is 4.39 Å². The maximum atomic E-state index is 14.3. The van der Waals surface area contributed by atoms with Crippen LogP contribution in [0, 0.1) is 5.82 Å². The maximum absolute atomic E-state index is 14.3. The van der Waals surface area contributed by atoms with Gasteiger partial charge in [0.15, 0.2) is 0 Å². The number of imidazole rings is 1. The Bertz CT molecular complexity index is 1830. The lowest BCUT2D eigenvalue weighted by Gasteiger charge is -2.18. The van der Waals surface area contributed by atoms with Gasteiger partial charge in [-0.15, -0.1) is 0 Å². The molecule has 0 unspecified atom stereocenters. The zero-order chi connectivity index (χ0) is 24.1. The second kappa shape index (κ2) is 8.17. The van der Waals surface area contributed by atoms with Crippen molar-refractivity contribution in [3.63, 3.8) is 0 Å². The lowest BCUT2D eigenvalue weighted by Crippen LogP contribution is -2.00. The van der Waals surface area contributed by atoms with Crippen molar-refractivity contribution in [1.29, 1.82) is 0 Å². The molecule has 0 aliphatic carbocycles. The summed E-state index contributed by atoms with van der Waals surface area (Å²) >= 11 is 0. The average molecular weight is 465 g/mol. The summed E-state index contributed by atoms with van der Waals surface area (Å²) in [7, 11) is 0. The number of hydrogen-bond acceptors (Lipinski definition) is 1. The van der Waals surface area contributed by atoms with Crippen molar-refractivity contribution in [1.82, 2.24) is 9.55 Å². The number of fused-ring (bicyclic) bond motifs is 6.